The van der Waals surface area contributed by atoms with Gasteiger partial charge in [-0.1, -0.05) is 34.7 Å². The number of thioether (sulfide) groups is 1. The Kier molecular flexibility index (Phi) is 7.42. The van der Waals surface area contributed by atoms with Crippen molar-refractivity contribution in [1.82, 2.24) is 4.98 Å². The summed E-state index contributed by atoms with van der Waals surface area (Å²) in [5.41, 5.74) is 0.837. The first-order valence-corrected chi connectivity index (χ1v) is 14.7. The molecule has 0 aliphatic carbocycles. The first-order chi connectivity index (χ1) is 20.6. The quantitative estimate of drug-likeness (QED) is 0.114. The fourth-order valence-corrected chi connectivity index (χ4v) is 7.80. The van der Waals surface area contributed by atoms with E-state index in [1.54, 1.807) is 18.2 Å². The summed E-state index contributed by atoms with van der Waals surface area (Å²) in [7, 11) is 0. The van der Waals surface area contributed by atoms with Gasteiger partial charge in [-0.25, -0.2) is 4.90 Å². The Bertz CT molecular complexity index is 1840. The number of amides is 3. The molecule has 12 nitrogen and oxygen atoms in total. The lowest BCUT2D eigenvalue weighted by atomic mass is 9.82. The van der Waals surface area contributed by atoms with Crippen molar-refractivity contribution in [2.75, 3.05) is 16.8 Å². The van der Waals surface area contributed by atoms with Crippen molar-refractivity contribution in [2.45, 2.75) is 16.2 Å². The molecule has 3 unspecified atom stereocenters. The minimum absolute atomic E-state index is 0.0440. The van der Waals surface area contributed by atoms with Gasteiger partial charge in [0.1, 0.15) is 16.7 Å². The second-order valence-electron chi connectivity index (χ2n) is 9.60. The van der Waals surface area contributed by atoms with Crippen LogP contribution >= 0.6 is 34.7 Å². The maximum absolute atomic E-state index is 14.0. The summed E-state index contributed by atoms with van der Waals surface area (Å²) in [6.45, 7) is -0.414. The molecule has 1 saturated heterocycles. The lowest BCUT2D eigenvalue weighted by Crippen LogP contribution is -2.32. The highest BCUT2D eigenvalue weighted by Crippen LogP contribution is 2.54. The predicted octanol–water partition coefficient (Wildman–Crippen LogP) is 4.52. The third-order valence-corrected chi connectivity index (χ3v) is 9.60. The number of nitrogens with zero attached hydrogens (tertiary/aromatic N) is 2. The van der Waals surface area contributed by atoms with Crippen LogP contribution in [-0.2, 0) is 14.4 Å². The van der Waals surface area contributed by atoms with Gasteiger partial charge in [-0.05, 0) is 54.6 Å². The topological polar surface area (TPSA) is 172 Å². The number of H-pyrrole nitrogens is 1. The molecular formula is C28H19ClN4O8S2. The summed E-state index contributed by atoms with van der Waals surface area (Å²) in [6, 6.07) is 15.7. The monoisotopic (exact) mass is 638 g/mol. The molecule has 6 rings (SSSR count). The molecule has 4 aromatic rings. The van der Waals surface area contributed by atoms with Gasteiger partial charge in [0.15, 0.2) is 6.61 Å². The van der Waals surface area contributed by atoms with Crippen LogP contribution < -0.4 is 19.8 Å². The molecule has 3 heterocycles. The Morgan fingerprint density at radius 2 is 1.79 bits per heavy atom. The number of aromatic hydroxyl groups is 1. The number of ether oxygens (including phenoxy) is 1. The Hall–Kier alpha value is -4.66. The molecule has 1 fully saturated rings. The Morgan fingerprint density at radius 3 is 2.49 bits per heavy atom. The molecule has 0 bridgehead atoms. The Labute approximate surface area is 255 Å². The standard InChI is InChI=1S/C28H19ClN4O8S2/c29-13-1-10-19(41-12-20(35)30-14-2-8-17(34)9-3-14)18(11-13)21-22-24(42-25-23(21)43-28(38)31-25)27(37)32(26(22)36)15-4-6-16(7-5-15)33(39)40/h1-11,21-22,24,34H,12H2,(H,30,35)(H,31,38). The third-order valence-electron chi connectivity index (χ3n) is 6.96. The van der Waals surface area contributed by atoms with E-state index in [1.165, 1.54) is 48.5 Å². The fourth-order valence-electron chi connectivity index (χ4n) is 5.11. The number of halogens is 1. The van der Waals surface area contributed by atoms with E-state index in [9.17, 15) is 34.4 Å². The van der Waals surface area contributed by atoms with E-state index in [0.717, 1.165) is 28.0 Å². The number of phenols is 1. The summed E-state index contributed by atoms with van der Waals surface area (Å²) in [4.78, 5) is 67.2. The van der Waals surface area contributed by atoms with Crippen LogP contribution in [0.15, 0.2) is 76.6 Å². The highest BCUT2D eigenvalue weighted by Gasteiger charge is 2.57. The zero-order valence-corrected chi connectivity index (χ0v) is 24.1. The van der Waals surface area contributed by atoms with E-state index in [-0.39, 0.29) is 27.7 Å². The summed E-state index contributed by atoms with van der Waals surface area (Å²) in [5, 5.41) is 23.1. The summed E-state index contributed by atoms with van der Waals surface area (Å²) in [5.74, 6) is -3.12. The van der Waals surface area contributed by atoms with Crippen LogP contribution in [0.3, 0.4) is 0 Å². The number of nitro groups is 1. The molecule has 2 aliphatic rings. The van der Waals surface area contributed by atoms with Gasteiger partial charge in [0.2, 0.25) is 11.8 Å². The molecule has 0 saturated carbocycles. The number of carbonyl (C=O) groups excluding carboxylic acids is 3. The van der Waals surface area contributed by atoms with Crippen molar-refractivity contribution in [3.63, 3.8) is 0 Å². The molecule has 43 heavy (non-hydrogen) atoms. The molecule has 15 heteroatoms. The smallest absolute Gasteiger partial charge is 0.305 e. The van der Waals surface area contributed by atoms with Crippen molar-refractivity contribution >= 4 is 69.5 Å². The van der Waals surface area contributed by atoms with Crippen LogP contribution in [0.4, 0.5) is 17.1 Å². The van der Waals surface area contributed by atoms with Gasteiger partial charge < -0.3 is 20.1 Å². The van der Waals surface area contributed by atoms with E-state index in [0.29, 0.717) is 26.2 Å². The van der Waals surface area contributed by atoms with Gasteiger partial charge >= 0.3 is 4.87 Å². The largest absolute Gasteiger partial charge is 0.508 e. The number of phenolic OH excluding ortho intramolecular Hbond substituents is 1. The molecule has 2 aliphatic heterocycles. The molecule has 0 spiro atoms. The molecular weight excluding hydrogens is 620 g/mol. The van der Waals surface area contributed by atoms with Crippen LogP contribution in [-0.4, -0.2) is 44.6 Å². The molecule has 3 atom stereocenters. The first-order valence-electron chi connectivity index (χ1n) is 12.6. The van der Waals surface area contributed by atoms with Gasteiger partial charge in [-0.2, -0.15) is 0 Å². The third kappa shape index (κ3) is 5.35. The molecule has 3 aromatic carbocycles. The van der Waals surface area contributed by atoms with Crippen LogP contribution in [0.2, 0.25) is 5.02 Å². The maximum atomic E-state index is 14.0. The van der Waals surface area contributed by atoms with Crippen molar-refractivity contribution in [3.05, 3.63) is 102 Å². The number of imide groups is 1. The number of aromatic nitrogens is 1. The lowest BCUT2D eigenvalue weighted by molar-refractivity contribution is -0.384. The number of aromatic amines is 1. The molecule has 3 N–H and O–H groups in total. The summed E-state index contributed by atoms with van der Waals surface area (Å²) >= 11 is 8.36. The number of fused-ring (bicyclic) bond motifs is 2. The van der Waals surface area contributed by atoms with Crippen LogP contribution in [0, 0.1) is 16.0 Å². The number of nitrogens with one attached hydrogen (secondary N) is 2. The predicted molar refractivity (Wildman–Crippen MR) is 159 cm³/mol. The van der Waals surface area contributed by atoms with Gasteiger partial charge in [0.05, 0.1) is 21.6 Å². The summed E-state index contributed by atoms with van der Waals surface area (Å²) in [6.07, 6.45) is 0. The minimum atomic E-state index is -0.974. The average molecular weight is 639 g/mol. The van der Waals surface area contributed by atoms with Gasteiger partial charge in [0.25, 0.3) is 11.6 Å². The lowest BCUT2D eigenvalue weighted by Gasteiger charge is -2.31. The van der Waals surface area contributed by atoms with Gasteiger partial charge in [-0.3, -0.25) is 29.3 Å². The van der Waals surface area contributed by atoms with E-state index in [4.69, 9.17) is 16.3 Å². The highest BCUT2D eigenvalue weighted by atomic mass is 35.5. The van der Waals surface area contributed by atoms with E-state index in [2.05, 4.69) is 10.3 Å². The number of benzene rings is 3. The number of carbonyl (C=O) groups is 3. The molecule has 0 radical (unpaired) electrons. The minimum Gasteiger partial charge on any atom is -0.508 e. The Morgan fingerprint density at radius 1 is 1.07 bits per heavy atom. The van der Waals surface area contributed by atoms with E-state index in [1.807, 2.05) is 0 Å². The highest BCUT2D eigenvalue weighted by molar-refractivity contribution is 8.00. The maximum Gasteiger partial charge on any atom is 0.305 e. The zero-order chi connectivity index (χ0) is 30.4. The number of hydrogen-bond donors (Lipinski definition) is 3. The number of hydrogen-bond acceptors (Lipinski definition) is 10. The average Bonchev–Trinajstić information content (AvgIpc) is 3.47. The molecule has 218 valence electrons. The van der Waals surface area contributed by atoms with E-state index >= 15 is 0 Å². The second kappa shape index (κ2) is 11.2. The van der Waals surface area contributed by atoms with E-state index < -0.39 is 46.3 Å². The number of anilines is 2. The van der Waals surface area contributed by atoms with Crippen LogP contribution in [0.5, 0.6) is 11.5 Å². The first kappa shape index (κ1) is 28.5. The van der Waals surface area contributed by atoms with Crippen LogP contribution in [0.25, 0.3) is 0 Å². The number of non-ortho nitro benzene ring substituents is 1. The van der Waals surface area contributed by atoms with Crippen molar-refractivity contribution in [2.24, 2.45) is 5.92 Å². The Balaban J connectivity index is 1.35. The normalized spacial score (nSPS) is 19.1. The number of nitro benzene ring substituents is 1. The van der Waals surface area contributed by atoms with Crippen molar-refractivity contribution in [3.8, 4) is 11.5 Å². The van der Waals surface area contributed by atoms with Crippen LogP contribution in [0.1, 0.15) is 16.4 Å². The van der Waals surface area contributed by atoms with Gasteiger partial charge in [0, 0.05) is 39.2 Å². The van der Waals surface area contributed by atoms with Gasteiger partial charge in [-0.15, -0.1) is 0 Å². The summed E-state index contributed by atoms with van der Waals surface area (Å²) < 4.78 is 5.90. The molecule has 1 aromatic heterocycles. The SMILES string of the molecule is O=C(COc1ccc(Cl)cc1C1c2sc(=O)[nH]c2SC2C(=O)N(c3ccc([N+](=O)[O-])cc3)C(=O)C21)Nc1ccc(O)cc1. The van der Waals surface area contributed by atoms with Crippen molar-refractivity contribution < 1.29 is 29.2 Å². The molecule has 3 amide bonds. The fraction of sp³-hybridized carbons (Fsp3) is 0.143. The second-order valence-corrected chi connectivity index (χ2v) is 12.2. The zero-order valence-electron chi connectivity index (χ0n) is 21.7. The van der Waals surface area contributed by atoms with Crippen molar-refractivity contribution in [1.29, 1.82) is 0 Å². The number of rotatable bonds is 7. The number of thiazole rings is 1.